The third kappa shape index (κ3) is 4.21. The molecule has 2 heteroatoms. The van der Waals surface area contributed by atoms with Crippen LogP contribution in [0.15, 0.2) is 66.7 Å². The standard InChI is InChI=1S/C23H24O2/c1-4-18-9-6-11-20(15-18)24-22-13-8-14-23(17(22)3)25-21-12-7-10-19(5-2)16-21/h6-16H,4-5H2,1-3H3. The summed E-state index contributed by atoms with van der Waals surface area (Å²) in [6, 6.07) is 22.3. The van der Waals surface area contributed by atoms with Crippen molar-refractivity contribution in [2.45, 2.75) is 33.6 Å². The zero-order chi connectivity index (χ0) is 17.6. The molecule has 0 N–H and O–H groups in total. The zero-order valence-corrected chi connectivity index (χ0v) is 15.1. The maximum Gasteiger partial charge on any atom is 0.134 e. The van der Waals surface area contributed by atoms with E-state index < -0.39 is 0 Å². The molecule has 3 rings (SSSR count). The minimum atomic E-state index is 0.817. The molecular formula is C23H24O2. The Labute approximate surface area is 150 Å². The molecule has 0 spiro atoms. The Morgan fingerprint density at radius 1 is 0.640 bits per heavy atom. The topological polar surface area (TPSA) is 18.5 Å². The monoisotopic (exact) mass is 332 g/mol. The van der Waals surface area contributed by atoms with Gasteiger partial charge < -0.3 is 9.47 Å². The molecule has 0 bridgehead atoms. The van der Waals surface area contributed by atoms with Crippen molar-refractivity contribution in [3.63, 3.8) is 0 Å². The predicted octanol–water partition coefficient (Wildman–Crippen LogP) is 6.70. The molecule has 3 aromatic carbocycles. The van der Waals surface area contributed by atoms with Gasteiger partial charge in [-0.15, -0.1) is 0 Å². The summed E-state index contributed by atoms with van der Waals surface area (Å²) in [4.78, 5) is 0. The molecule has 0 aliphatic heterocycles. The zero-order valence-electron chi connectivity index (χ0n) is 15.1. The summed E-state index contributed by atoms with van der Waals surface area (Å²) in [5.41, 5.74) is 3.52. The van der Waals surface area contributed by atoms with Gasteiger partial charge >= 0.3 is 0 Å². The first-order valence-electron chi connectivity index (χ1n) is 8.82. The number of ether oxygens (including phenoxy) is 2. The quantitative estimate of drug-likeness (QED) is 0.500. The Kier molecular flexibility index (Phi) is 5.39. The highest BCUT2D eigenvalue weighted by molar-refractivity contribution is 5.48. The third-order valence-electron chi connectivity index (χ3n) is 4.30. The molecule has 2 nitrogen and oxygen atoms in total. The van der Waals surface area contributed by atoms with Crippen molar-refractivity contribution in [1.29, 1.82) is 0 Å². The third-order valence-corrected chi connectivity index (χ3v) is 4.30. The Balaban J connectivity index is 1.84. The first kappa shape index (κ1) is 17.1. The van der Waals surface area contributed by atoms with Gasteiger partial charge in [-0.1, -0.05) is 44.2 Å². The molecule has 128 valence electrons. The lowest BCUT2D eigenvalue weighted by Crippen LogP contribution is -1.93. The smallest absolute Gasteiger partial charge is 0.134 e. The molecule has 0 fully saturated rings. The van der Waals surface area contributed by atoms with E-state index in [-0.39, 0.29) is 0 Å². The summed E-state index contributed by atoms with van der Waals surface area (Å²) in [6.45, 7) is 6.31. The highest BCUT2D eigenvalue weighted by Gasteiger charge is 2.09. The van der Waals surface area contributed by atoms with Gasteiger partial charge in [0.25, 0.3) is 0 Å². The average Bonchev–Trinajstić information content (AvgIpc) is 2.65. The molecule has 0 saturated heterocycles. The maximum atomic E-state index is 6.09. The van der Waals surface area contributed by atoms with E-state index >= 15 is 0 Å². The SMILES string of the molecule is CCc1cccc(Oc2cccc(Oc3cccc(CC)c3)c2C)c1. The number of hydrogen-bond donors (Lipinski definition) is 0. The van der Waals surface area contributed by atoms with Crippen LogP contribution in [0.4, 0.5) is 0 Å². The molecule has 0 saturated carbocycles. The molecule has 0 unspecified atom stereocenters. The molecule has 0 amide bonds. The first-order valence-corrected chi connectivity index (χ1v) is 8.82. The van der Waals surface area contributed by atoms with Gasteiger partial charge in [-0.3, -0.25) is 0 Å². The van der Waals surface area contributed by atoms with Crippen molar-refractivity contribution in [3.05, 3.63) is 83.4 Å². The fraction of sp³-hybridized carbons (Fsp3) is 0.217. The van der Waals surface area contributed by atoms with Crippen LogP contribution in [0, 0.1) is 6.92 Å². The van der Waals surface area contributed by atoms with Gasteiger partial charge in [0.05, 0.1) is 0 Å². The van der Waals surface area contributed by atoms with Crippen LogP contribution in [0.3, 0.4) is 0 Å². The van der Waals surface area contributed by atoms with Gasteiger partial charge in [-0.05, 0) is 67.3 Å². The number of aryl methyl sites for hydroxylation is 2. The van der Waals surface area contributed by atoms with Crippen LogP contribution in [0.1, 0.15) is 30.5 Å². The van der Waals surface area contributed by atoms with Gasteiger partial charge in [0.15, 0.2) is 0 Å². The van der Waals surface area contributed by atoms with E-state index in [0.717, 1.165) is 41.4 Å². The van der Waals surface area contributed by atoms with Crippen LogP contribution < -0.4 is 9.47 Å². The summed E-state index contributed by atoms with van der Waals surface area (Å²) < 4.78 is 12.2. The second kappa shape index (κ2) is 7.89. The lowest BCUT2D eigenvalue weighted by Gasteiger charge is -2.14. The van der Waals surface area contributed by atoms with Gasteiger partial charge in [0, 0.05) is 5.56 Å². The Hall–Kier alpha value is -2.74. The first-order chi connectivity index (χ1) is 12.2. The normalized spacial score (nSPS) is 10.5. The van der Waals surface area contributed by atoms with E-state index in [9.17, 15) is 0 Å². The highest BCUT2D eigenvalue weighted by Crippen LogP contribution is 2.34. The lowest BCUT2D eigenvalue weighted by molar-refractivity contribution is 0.453. The number of hydrogen-bond acceptors (Lipinski definition) is 2. The van der Waals surface area contributed by atoms with E-state index in [1.54, 1.807) is 0 Å². The van der Waals surface area contributed by atoms with Crippen molar-refractivity contribution in [2.24, 2.45) is 0 Å². The molecular weight excluding hydrogens is 308 g/mol. The van der Waals surface area contributed by atoms with E-state index in [4.69, 9.17) is 9.47 Å². The minimum Gasteiger partial charge on any atom is -0.457 e. The molecule has 0 aromatic heterocycles. The maximum absolute atomic E-state index is 6.09. The van der Waals surface area contributed by atoms with Crippen LogP contribution in [-0.4, -0.2) is 0 Å². The summed E-state index contributed by atoms with van der Waals surface area (Å²) >= 11 is 0. The van der Waals surface area contributed by atoms with Gasteiger partial charge in [-0.2, -0.15) is 0 Å². The number of benzene rings is 3. The van der Waals surface area contributed by atoms with Crippen LogP contribution in [0.5, 0.6) is 23.0 Å². The molecule has 0 radical (unpaired) electrons. The fourth-order valence-electron chi connectivity index (χ4n) is 2.73. The van der Waals surface area contributed by atoms with Crippen molar-refractivity contribution in [1.82, 2.24) is 0 Å². The Morgan fingerprint density at radius 3 is 1.52 bits per heavy atom. The minimum absolute atomic E-state index is 0.817. The molecule has 0 aliphatic rings. The van der Waals surface area contributed by atoms with Crippen LogP contribution in [0.2, 0.25) is 0 Å². The van der Waals surface area contributed by atoms with E-state index in [1.165, 1.54) is 11.1 Å². The molecule has 3 aromatic rings. The molecule has 0 heterocycles. The second-order valence-electron chi connectivity index (χ2n) is 6.09. The Morgan fingerprint density at radius 2 is 1.08 bits per heavy atom. The van der Waals surface area contributed by atoms with Crippen LogP contribution in [0.25, 0.3) is 0 Å². The van der Waals surface area contributed by atoms with Crippen LogP contribution in [-0.2, 0) is 12.8 Å². The van der Waals surface area contributed by atoms with Gasteiger partial charge in [-0.25, -0.2) is 0 Å². The van der Waals surface area contributed by atoms with E-state index in [1.807, 2.05) is 49.4 Å². The highest BCUT2D eigenvalue weighted by atomic mass is 16.5. The Bertz CT molecular complexity index is 784. The van der Waals surface area contributed by atoms with Gasteiger partial charge in [0.1, 0.15) is 23.0 Å². The molecule has 0 atom stereocenters. The van der Waals surface area contributed by atoms with Crippen LogP contribution >= 0.6 is 0 Å². The largest absolute Gasteiger partial charge is 0.457 e. The molecule has 25 heavy (non-hydrogen) atoms. The van der Waals surface area contributed by atoms with Crippen molar-refractivity contribution in [3.8, 4) is 23.0 Å². The summed E-state index contributed by atoms with van der Waals surface area (Å²) in [5, 5.41) is 0. The number of rotatable bonds is 6. The summed E-state index contributed by atoms with van der Waals surface area (Å²) in [6.07, 6.45) is 1.99. The lowest BCUT2D eigenvalue weighted by atomic mass is 10.1. The molecule has 0 aliphatic carbocycles. The predicted molar refractivity (Wildman–Crippen MR) is 103 cm³/mol. The van der Waals surface area contributed by atoms with Crippen molar-refractivity contribution < 1.29 is 9.47 Å². The summed E-state index contributed by atoms with van der Waals surface area (Å²) in [5.74, 6) is 3.34. The van der Waals surface area contributed by atoms with Gasteiger partial charge in [0.2, 0.25) is 0 Å². The second-order valence-corrected chi connectivity index (χ2v) is 6.09. The van der Waals surface area contributed by atoms with Crippen molar-refractivity contribution in [2.75, 3.05) is 0 Å². The fourth-order valence-corrected chi connectivity index (χ4v) is 2.73. The summed E-state index contributed by atoms with van der Waals surface area (Å²) in [7, 11) is 0. The average molecular weight is 332 g/mol. The van der Waals surface area contributed by atoms with Crippen molar-refractivity contribution >= 4 is 0 Å². The van der Waals surface area contributed by atoms with E-state index in [2.05, 4.69) is 38.1 Å². The van der Waals surface area contributed by atoms with E-state index in [0.29, 0.717) is 0 Å².